The van der Waals surface area contributed by atoms with Gasteiger partial charge in [0.05, 0.1) is 0 Å². The zero-order valence-electron chi connectivity index (χ0n) is 11.1. The molecular weight excluding hydrogens is 196 g/mol. The Morgan fingerprint density at radius 1 is 1.06 bits per heavy atom. The van der Waals surface area contributed by atoms with Crippen LogP contribution in [0, 0.1) is 11.8 Å². The van der Waals surface area contributed by atoms with Crippen LogP contribution in [0.5, 0.6) is 0 Å². The predicted octanol–water partition coefficient (Wildman–Crippen LogP) is 4.54. The topological polar surface area (TPSA) is 20.2 Å². The van der Waals surface area contributed by atoms with E-state index in [1.807, 2.05) is 0 Å². The molecule has 0 bridgehead atoms. The molecule has 1 nitrogen and oxygen atoms in total. The molecule has 96 valence electrons. The average Bonchev–Trinajstić information content (AvgIpc) is 2.34. The van der Waals surface area contributed by atoms with Gasteiger partial charge in [0.25, 0.3) is 0 Å². The lowest BCUT2D eigenvalue weighted by Crippen LogP contribution is -2.10. The van der Waals surface area contributed by atoms with Gasteiger partial charge in [-0.15, -0.1) is 0 Å². The van der Waals surface area contributed by atoms with Crippen LogP contribution in [0.2, 0.25) is 0 Å². The van der Waals surface area contributed by atoms with E-state index in [1.54, 1.807) is 0 Å². The van der Waals surface area contributed by atoms with Crippen LogP contribution in [0.1, 0.15) is 77.6 Å². The van der Waals surface area contributed by atoms with E-state index in [0.717, 1.165) is 18.3 Å². The molecule has 1 N–H and O–H groups in total. The fourth-order valence-corrected chi connectivity index (χ4v) is 3.06. The van der Waals surface area contributed by atoms with Gasteiger partial charge in [-0.3, -0.25) is 0 Å². The fraction of sp³-hybridized carbons (Fsp3) is 1.00. The van der Waals surface area contributed by atoms with E-state index in [1.165, 1.54) is 64.2 Å². The van der Waals surface area contributed by atoms with Crippen LogP contribution < -0.4 is 0 Å². The minimum atomic E-state index is 0.388. The molecule has 0 heterocycles. The van der Waals surface area contributed by atoms with Crippen LogP contribution in [0.3, 0.4) is 0 Å². The van der Waals surface area contributed by atoms with Gasteiger partial charge in [-0.25, -0.2) is 0 Å². The fourth-order valence-electron chi connectivity index (χ4n) is 3.06. The smallest absolute Gasteiger partial charge is 0.0433 e. The molecule has 0 saturated heterocycles. The Labute approximate surface area is 102 Å². The summed E-state index contributed by atoms with van der Waals surface area (Å²) in [5.74, 6) is 1.81. The number of hydrogen-bond donors (Lipinski definition) is 1. The summed E-state index contributed by atoms with van der Waals surface area (Å²) < 4.78 is 0. The number of aliphatic hydroxyl groups is 1. The minimum Gasteiger partial charge on any atom is -0.396 e. The van der Waals surface area contributed by atoms with Crippen LogP contribution in [0.4, 0.5) is 0 Å². The Morgan fingerprint density at radius 2 is 1.81 bits per heavy atom. The molecule has 1 unspecified atom stereocenters. The van der Waals surface area contributed by atoms with Crippen LogP contribution in [-0.2, 0) is 0 Å². The molecule has 1 aliphatic rings. The number of rotatable bonds is 8. The van der Waals surface area contributed by atoms with Gasteiger partial charge in [-0.05, 0) is 18.3 Å². The van der Waals surface area contributed by atoms with Crippen molar-refractivity contribution in [2.24, 2.45) is 11.8 Å². The number of hydrogen-bond acceptors (Lipinski definition) is 1. The van der Waals surface area contributed by atoms with E-state index in [2.05, 4.69) is 6.92 Å². The first kappa shape index (κ1) is 14.0. The molecular formula is C15H30O. The van der Waals surface area contributed by atoms with Gasteiger partial charge in [-0.1, -0.05) is 71.1 Å². The highest BCUT2D eigenvalue weighted by Crippen LogP contribution is 2.30. The summed E-state index contributed by atoms with van der Waals surface area (Å²) in [6.07, 6.45) is 15.1. The number of unbranched alkanes of at least 4 members (excludes halogenated alkanes) is 1. The molecule has 0 amide bonds. The summed E-state index contributed by atoms with van der Waals surface area (Å²) in [7, 11) is 0. The maximum Gasteiger partial charge on any atom is 0.0433 e. The molecule has 0 radical (unpaired) electrons. The first-order valence-corrected chi connectivity index (χ1v) is 7.47. The van der Waals surface area contributed by atoms with Crippen molar-refractivity contribution in [2.75, 3.05) is 6.61 Å². The Hall–Kier alpha value is -0.0400. The second kappa shape index (κ2) is 9.04. The molecule has 1 atom stereocenters. The van der Waals surface area contributed by atoms with Crippen molar-refractivity contribution in [1.82, 2.24) is 0 Å². The normalized spacial score (nSPS) is 19.9. The SMILES string of the molecule is CCCCC(CCO)CCC1CCCCC1. The Morgan fingerprint density at radius 3 is 2.44 bits per heavy atom. The van der Waals surface area contributed by atoms with E-state index >= 15 is 0 Å². The van der Waals surface area contributed by atoms with Crippen molar-refractivity contribution < 1.29 is 5.11 Å². The molecule has 1 rings (SSSR count). The maximum atomic E-state index is 9.07. The second-order valence-corrected chi connectivity index (χ2v) is 5.60. The third-order valence-corrected chi connectivity index (χ3v) is 4.21. The van der Waals surface area contributed by atoms with E-state index in [9.17, 15) is 0 Å². The van der Waals surface area contributed by atoms with Crippen LogP contribution in [-0.4, -0.2) is 11.7 Å². The predicted molar refractivity (Wildman–Crippen MR) is 70.5 cm³/mol. The van der Waals surface area contributed by atoms with Gasteiger partial charge in [-0.2, -0.15) is 0 Å². The molecule has 16 heavy (non-hydrogen) atoms. The zero-order chi connectivity index (χ0) is 11.6. The van der Waals surface area contributed by atoms with Gasteiger partial charge in [0.2, 0.25) is 0 Å². The lowest BCUT2D eigenvalue weighted by atomic mass is 9.82. The standard InChI is InChI=1S/C15H30O/c1-2-3-7-15(12-13-16)11-10-14-8-5-4-6-9-14/h14-16H,2-13H2,1H3. The Balaban J connectivity index is 2.14. The van der Waals surface area contributed by atoms with Crippen LogP contribution in [0.15, 0.2) is 0 Å². The average molecular weight is 226 g/mol. The molecule has 1 saturated carbocycles. The summed E-state index contributed by atoms with van der Waals surface area (Å²) in [4.78, 5) is 0. The van der Waals surface area contributed by atoms with Crippen molar-refractivity contribution in [2.45, 2.75) is 77.6 Å². The highest BCUT2D eigenvalue weighted by Gasteiger charge is 2.15. The highest BCUT2D eigenvalue weighted by atomic mass is 16.3. The van der Waals surface area contributed by atoms with E-state index in [-0.39, 0.29) is 0 Å². The summed E-state index contributed by atoms with van der Waals surface area (Å²) in [6.45, 7) is 2.65. The third-order valence-electron chi connectivity index (χ3n) is 4.21. The first-order valence-electron chi connectivity index (χ1n) is 7.47. The highest BCUT2D eigenvalue weighted by molar-refractivity contribution is 4.68. The molecule has 1 aliphatic carbocycles. The third kappa shape index (κ3) is 5.89. The van der Waals surface area contributed by atoms with Crippen LogP contribution in [0.25, 0.3) is 0 Å². The lowest BCUT2D eigenvalue weighted by molar-refractivity contribution is 0.229. The summed E-state index contributed by atoms with van der Waals surface area (Å²) in [5.41, 5.74) is 0. The second-order valence-electron chi connectivity index (χ2n) is 5.60. The molecule has 1 heteroatoms. The van der Waals surface area contributed by atoms with E-state index in [0.29, 0.717) is 6.61 Å². The molecule has 0 aromatic rings. The molecule has 1 fully saturated rings. The number of aliphatic hydroxyl groups excluding tert-OH is 1. The van der Waals surface area contributed by atoms with Gasteiger partial charge in [0.15, 0.2) is 0 Å². The van der Waals surface area contributed by atoms with Crippen molar-refractivity contribution in [3.05, 3.63) is 0 Å². The first-order chi connectivity index (χ1) is 7.86. The summed E-state index contributed by atoms with van der Waals surface area (Å²) >= 11 is 0. The molecule has 0 aliphatic heterocycles. The van der Waals surface area contributed by atoms with E-state index < -0.39 is 0 Å². The van der Waals surface area contributed by atoms with Crippen molar-refractivity contribution in [1.29, 1.82) is 0 Å². The summed E-state index contributed by atoms with van der Waals surface area (Å²) in [5, 5.41) is 9.07. The minimum absolute atomic E-state index is 0.388. The Bertz CT molecular complexity index is 150. The molecule has 0 spiro atoms. The van der Waals surface area contributed by atoms with E-state index in [4.69, 9.17) is 5.11 Å². The zero-order valence-corrected chi connectivity index (χ0v) is 11.1. The van der Waals surface area contributed by atoms with Gasteiger partial charge in [0, 0.05) is 6.61 Å². The summed E-state index contributed by atoms with van der Waals surface area (Å²) in [6, 6.07) is 0. The lowest BCUT2D eigenvalue weighted by Gasteiger charge is -2.24. The quantitative estimate of drug-likeness (QED) is 0.644. The molecule has 0 aromatic heterocycles. The van der Waals surface area contributed by atoms with Crippen LogP contribution >= 0.6 is 0 Å². The van der Waals surface area contributed by atoms with Gasteiger partial charge in [0.1, 0.15) is 0 Å². The largest absolute Gasteiger partial charge is 0.396 e. The Kier molecular flexibility index (Phi) is 7.92. The van der Waals surface area contributed by atoms with Gasteiger partial charge < -0.3 is 5.11 Å². The van der Waals surface area contributed by atoms with Gasteiger partial charge >= 0.3 is 0 Å². The van der Waals surface area contributed by atoms with Crippen molar-refractivity contribution in [3.8, 4) is 0 Å². The molecule has 0 aromatic carbocycles. The van der Waals surface area contributed by atoms with Crippen molar-refractivity contribution in [3.63, 3.8) is 0 Å². The monoisotopic (exact) mass is 226 g/mol. The van der Waals surface area contributed by atoms with Crippen molar-refractivity contribution >= 4 is 0 Å². The maximum absolute atomic E-state index is 9.07.